The lowest BCUT2D eigenvalue weighted by atomic mass is 10.1. The Bertz CT molecular complexity index is 960. The van der Waals surface area contributed by atoms with E-state index in [0.717, 1.165) is 21.0 Å². The fourth-order valence-electron chi connectivity index (χ4n) is 2.40. The molecule has 0 fully saturated rings. The molecule has 0 aliphatic rings. The number of benzene rings is 1. The van der Waals surface area contributed by atoms with Gasteiger partial charge < -0.3 is 16.4 Å². The summed E-state index contributed by atoms with van der Waals surface area (Å²) < 4.78 is 0. The number of hydrogen-bond donors (Lipinski definition) is 3. The summed E-state index contributed by atoms with van der Waals surface area (Å²) in [6, 6.07) is 12.2. The van der Waals surface area contributed by atoms with Crippen LogP contribution in [0.1, 0.15) is 22.9 Å². The number of thiazole rings is 1. The third-order valence-electron chi connectivity index (χ3n) is 3.68. The molecule has 0 saturated heterocycles. The van der Waals surface area contributed by atoms with Crippen molar-refractivity contribution in [2.24, 2.45) is 10.7 Å². The molecular weight excluding hydrogens is 378 g/mol. The lowest BCUT2D eigenvalue weighted by Crippen LogP contribution is -2.22. The number of carbonyl (C=O) groups excluding carboxylic acids is 1. The summed E-state index contributed by atoms with van der Waals surface area (Å²) in [6.07, 6.45) is 0. The molecule has 0 aliphatic carbocycles. The first kappa shape index (κ1) is 19.1. The van der Waals surface area contributed by atoms with Crippen LogP contribution >= 0.6 is 22.7 Å². The van der Waals surface area contributed by atoms with Gasteiger partial charge in [-0.1, -0.05) is 29.8 Å². The zero-order valence-corrected chi connectivity index (χ0v) is 16.8. The molecule has 0 aliphatic heterocycles. The van der Waals surface area contributed by atoms with Crippen molar-refractivity contribution in [1.29, 1.82) is 0 Å². The summed E-state index contributed by atoms with van der Waals surface area (Å²) >= 11 is 3.09. The van der Waals surface area contributed by atoms with E-state index in [1.807, 2.05) is 29.6 Å². The highest BCUT2D eigenvalue weighted by atomic mass is 32.1. The lowest BCUT2D eigenvalue weighted by molar-refractivity contribution is -0.119. The van der Waals surface area contributed by atoms with E-state index in [4.69, 9.17) is 5.73 Å². The Kier molecular flexibility index (Phi) is 6.20. The van der Waals surface area contributed by atoms with Crippen molar-refractivity contribution in [3.63, 3.8) is 0 Å². The average molecular weight is 400 g/mol. The van der Waals surface area contributed by atoms with E-state index in [0.29, 0.717) is 24.2 Å². The third-order valence-corrected chi connectivity index (χ3v) is 5.54. The van der Waals surface area contributed by atoms with Crippen LogP contribution in [-0.2, 0) is 17.9 Å². The van der Waals surface area contributed by atoms with Crippen LogP contribution in [0.4, 0.5) is 5.13 Å². The van der Waals surface area contributed by atoms with Crippen LogP contribution in [0.15, 0.2) is 46.8 Å². The van der Waals surface area contributed by atoms with Gasteiger partial charge in [-0.05, 0) is 24.6 Å². The number of thiophene rings is 1. The minimum Gasteiger partial charge on any atom is -0.370 e. The molecule has 2 heterocycles. The second kappa shape index (κ2) is 8.79. The summed E-state index contributed by atoms with van der Waals surface area (Å²) in [7, 11) is 0. The molecule has 1 amide bonds. The van der Waals surface area contributed by atoms with E-state index in [-0.39, 0.29) is 5.91 Å². The normalized spacial score (nSPS) is 11.4. The van der Waals surface area contributed by atoms with E-state index >= 15 is 0 Å². The van der Waals surface area contributed by atoms with Crippen molar-refractivity contribution >= 4 is 39.7 Å². The summed E-state index contributed by atoms with van der Waals surface area (Å²) in [4.78, 5) is 22.1. The van der Waals surface area contributed by atoms with Gasteiger partial charge in [-0.3, -0.25) is 4.79 Å². The highest BCUT2D eigenvalue weighted by Gasteiger charge is 2.08. The Balaban J connectivity index is 1.60. The number of amides is 1. The van der Waals surface area contributed by atoms with Crippen molar-refractivity contribution in [3.05, 3.63) is 57.8 Å². The molecule has 0 bridgehead atoms. The molecule has 0 atom stereocenters. The van der Waals surface area contributed by atoms with Crippen LogP contribution in [0.2, 0.25) is 0 Å². The van der Waals surface area contributed by atoms with E-state index in [2.05, 4.69) is 39.7 Å². The molecule has 1 aromatic carbocycles. The number of rotatable bonds is 6. The molecule has 0 radical (unpaired) electrons. The Morgan fingerprint density at radius 1 is 1.30 bits per heavy atom. The maximum Gasteiger partial charge on any atom is 0.217 e. The Labute approximate surface area is 166 Å². The number of carbonyl (C=O) groups is 1. The number of anilines is 1. The monoisotopic (exact) mass is 399 g/mol. The number of nitrogens with two attached hydrogens (primary N) is 1. The maximum absolute atomic E-state index is 11.0. The number of aliphatic imine (C=N–C) groups is 1. The highest BCUT2D eigenvalue weighted by molar-refractivity contribution is 7.17. The Morgan fingerprint density at radius 2 is 2.15 bits per heavy atom. The van der Waals surface area contributed by atoms with Gasteiger partial charge in [0, 0.05) is 17.2 Å². The van der Waals surface area contributed by atoms with Gasteiger partial charge in [-0.2, -0.15) is 0 Å². The van der Waals surface area contributed by atoms with Crippen LogP contribution < -0.4 is 16.4 Å². The predicted octanol–water partition coefficient (Wildman–Crippen LogP) is 3.74. The van der Waals surface area contributed by atoms with Gasteiger partial charge in [0.25, 0.3) is 0 Å². The van der Waals surface area contributed by atoms with Crippen molar-refractivity contribution in [3.8, 4) is 10.6 Å². The molecule has 8 heteroatoms. The largest absolute Gasteiger partial charge is 0.370 e. The molecule has 2 aromatic heterocycles. The lowest BCUT2D eigenvalue weighted by Gasteiger charge is -2.02. The number of aromatic nitrogens is 1. The summed E-state index contributed by atoms with van der Waals surface area (Å²) in [5.74, 6) is 0.306. The Morgan fingerprint density at radius 3 is 2.93 bits per heavy atom. The fraction of sp³-hybridized carbons (Fsp3) is 0.211. The van der Waals surface area contributed by atoms with Crippen molar-refractivity contribution in [2.75, 3.05) is 5.32 Å². The van der Waals surface area contributed by atoms with E-state index in [1.165, 1.54) is 23.8 Å². The van der Waals surface area contributed by atoms with E-state index in [9.17, 15) is 4.79 Å². The maximum atomic E-state index is 11.0. The van der Waals surface area contributed by atoms with Crippen LogP contribution in [-0.4, -0.2) is 16.9 Å². The van der Waals surface area contributed by atoms with Crippen LogP contribution in [0, 0.1) is 6.92 Å². The summed E-state index contributed by atoms with van der Waals surface area (Å²) in [6.45, 7) is 4.62. The smallest absolute Gasteiger partial charge is 0.217 e. The van der Waals surface area contributed by atoms with Gasteiger partial charge in [0.1, 0.15) is 0 Å². The van der Waals surface area contributed by atoms with Gasteiger partial charge in [0.05, 0.1) is 23.7 Å². The summed E-state index contributed by atoms with van der Waals surface area (Å²) in [5.41, 5.74) is 9.18. The van der Waals surface area contributed by atoms with Gasteiger partial charge in [-0.25, -0.2) is 9.98 Å². The second-order valence-electron chi connectivity index (χ2n) is 6.03. The summed E-state index contributed by atoms with van der Waals surface area (Å²) in [5, 5.41) is 8.52. The number of aryl methyl sites for hydroxylation is 1. The zero-order chi connectivity index (χ0) is 19.2. The van der Waals surface area contributed by atoms with Crippen molar-refractivity contribution < 1.29 is 4.79 Å². The molecule has 6 nitrogen and oxygen atoms in total. The SMILES string of the molecule is CC(=O)NCc1ccc(-c2csc(NC(N)=NCc3cccc(C)c3)n2)s1. The molecule has 0 spiro atoms. The second-order valence-corrected chi connectivity index (χ2v) is 8.06. The first-order chi connectivity index (χ1) is 13.0. The highest BCUT2D eigenvalue weighted by Crippen LogP contribution is 2.30. The minimum atomic E-state index is -0.0366. The first-order valence-corrected chi connectivity index (χ1v) is 10.1. The zero-order valence-electron chi connectivity index (χ0n) is 15.2. The van der Waals surface area contributed by atoms with E-state index in [1.54, 1.807) is 11.3 Å². The van der Waals surface area contributed by atoms with Gasteiger partial charge in [0.2, 0.25) is 5.91 Å². The first-order valence-electron chi connectivity index (χ1n) is 8.41. The number of hydrogen-bond acceptors (Lipinski definition) is 5. The number of nitrogens with one attached hydrogen (secondary N) is 2. The molecular formula is C19H21N5OS2. The fourth-order valence-corrected chi connectivity index (χ4v) is 4.10. The molecule has 3 aromatic rings. The van der Waals surface area contributed by atoms with Crippen molar-refractivity contribution in [1.82, 2.24) is 10.3 Å². The number of guanidine groups is 1. The van der Waals surface area contributed by atoms with Gasteiger partial charge >= 0.3 is 0 Å². The molecule has 0 saturated carbocycles. The topological polar surface area (TPSA) is 92.4 Å². The van der Waals surface area contributed by atoms with E-state index < -0.39 is 0 Å². The standard InChI is InChI=1S/C19H21N5OS2/c1-12-4-3-5-14(8-12)9-22-18(20)24-19-23-16(11-26-19)17-7-6-15(27-17)10-21-13(2)25/h3-8,11H,9-10H2,1-2H3,(H,21,25)(H3,20,22,23,24). The minimum absolute atomic E-state index is 0.0366. The quantitative estimate of drug-likeness (QED) is 0.435. The van der Waals surface area contributed by atoms with Crippen LogP contribution in [0.25, 0.3) is 10.6 Å². The molecule has 3 rings (SSSR count). The molecule has 27 heavy (non-hydrogen) atoms. The van der Waals surface area contributed by atoms with Gasteiger partial charge in [0.15, 0.2) is 11.1 Å². The van der Waals surface area contributed by atoms with Crippen LogP contribution in [0.5, 0.6) is 0 Å². The molecule has 0 unspecified atom stereocenters. The predicted molar refractivity (Wildman–Crippen MR) is 113 cm³/mol. The molecule has 140 valence electrons. The van der Waals surface area contributed by atoms with Crippen molar-refractivity contribution in [2.45, 2.75) is 26.9 Å². The Hall–Kier alpha value is -2.71. The average Bonchev–Trinajstić information content (AvgIpc) is 3.27. The van der Waals surface area contributed by atoms with Gasteiger partial charge in [-0.15, -0.1) is 22.7 Å². The third kappa shape index (κ3) is 5.63. The van der Waals surface area contributed by atoms with Crippen LogP contribution in [0.3, 0.4) is 0 Å². The molecule has 4 N–H and O–H groups in total. The number of nitrogens with zero attached hydrogens (tertiary/aromatic N) is 2.